The van der Waals surface area contributed by atoms with Crippen LogP contribution in [0.5, 0.6) is 0 Å². The summed E-state index contributed by atoms with van der Waals surface area (Å²) >= 11 is 1.08. The van der Waals surface area contributed by atoms with E-state index in [-0.39, 0.29) is 0 Å². The standard InChI is InChI=1S/2C17H13.C6H5.Al.2ClH.Zr.H/c2*1-13-11-15-9-5-6-10-16(17(15)12-13)14-7-3-2-4-8-14;1-2-4-6-5-3-1;;;;;/h2*2-10,12H,1H3;1-5H;;2*1H;;/q2*-1;;;;;+4;/p-2. The molecule has 1 radical (unpaired) electrons. The van der Waals surface area contributed by atoms with Crippen LogP contribution in [0.1, 0.15) is 11.1 Å². The molecule has 0 spiro atoms. The van der Waals surface area contributed by atoms with Gasteiger partial charge in [-0.25, -0.2) is 0 Å². The van der Waals surface area contributed by atoms with Crippen molar-refractivity contribution in [3.05, 3.63) is 175 Å². The Labute approximate surface area is 289 Å². The average molecular weight is 702 g/mol. The molecular weight excluding hydrogens is 670 g/mol. The fourth-order valence-corrected chi connectivity index (χ4v) is 5.20. The number of fused-ring (bicyclic) bond motifs is 2. The molecule has 0 amide bonds. The van der Waals surface area contributed by atoms with Crippen molar-refractivity contribution in [2.45, 2.75) is 13.8 Å². The van der Waals surface area contributed by atoms with E-state index >= 15 is 0 Å². The predicted octanol–water partition coefficient (Wildman–Crippen LogP) is 10.7. The molecule has 0 saturated carbocycles. The van der Waals surface area contributed by atoms with Gasteiger partial charge in [-0.15, -0.1) is 63.1 Å². The van der Waals surface area contributed by atoms with E-state index < -0.39 is 20.8 Å². The number of aryl methyl sites for hydroxylation is 2. The second kappa shape index (κ2) is 18.1. The molecule has 3 aromatic rings. The third-order valence-electron chi connectivity index (χ3n) is 6.83. The summed E-state index contributed by atoms with van der Waals surface area (Å²) in [6, 6.07) is 59.4. The SMILES string of the molecule is Cc1[c-]c2ccccc(-c3ccccc3)c-2c1.Cc1[c-]c2ccccc(-c3ccccc3)c-2c1.[AlH][c]1ccccc1.[Cl][Zr+2][Cl]. The van der Waals surface area contributed by atoms with Crippen LogP contribution >= 0.6 is 17.0 Å². The first-order valence-electron chi connectivity index (χ1n) is 14.3. The third-order valence-corrected chi connectivity index (χ3v) is 7.30. The zero-order valence-electron chi connectivity index (χ0n) is 24.9. The zero-order chi connectivity index (χ0) is 31.1. The molecule has 3 aromatic carbocycles. The Bertz CT molecular complexity index is 1660. The number of hydrogen-bond acceptors (Lipinski definition) is 0. The summed E-state index contributed by atoms with van der Waals surface area (Å²) in [5.41, 5.74) is 12.4. The van der Waals surface area contributed by atoms with Crippen molar-refractivity contribution in [2.24, 2.45) is 0 Å². The molecule has 4 aliphatic carbocycles. The van der Waals surface area contributed by atoms with Gasteiger partial charge in [-0.1, -0.05) is 140 Å². The first-order chi connectivity index (χ1) is 21.5. The van der Waals surface area contributed by atoms with Gasteiger partial charge in [-0.05, 0) is 11.1 Å². The fraction of sp³-hybridized carbons (Fsp3) is 0.0500. The molecule has 44 heavy (non-hydrogen) atoms. The molecule has 0 unspecified atom stereocenters. The predicted molar refractivity (Wildman–Crippen MR) is 189 cm³/mol. The van der Waals surface area contributed by atoms with E-state index in [1.165, 1.54) is 60.1 Å². The number of halogens is 2. The quantitative estimate of drug-likeness (QED) is 0.124. The Hall–Kier alpha value is -2.94. The van der Waals surface area contributed by atoms with Gasteiger partial charge in [0.05, 0.1) is 0 Å². The maximum absolute atomic E-state index is 4.93. The molecule has 0 nitrogen and oxygen atoms in total. The number of benzene rings is 3. The summed E-state index contributed by atoms with van der Waals surface area (Å²) in [5.74, 6) is 0. The Balaban J connectivity index is 0.000000155. The zero-order valence-corrected chi connectivity index (χ0v) is 30.3. The van der Waals surface area contributed by atoms with Crippen molar-refractivity contribution in [3.8, 4) is 44.5 Å². The molecule has 0 bridgehead atoms. The third kappa shape index (κ3) is 10.0. The van der Waals surface area contributed by atoms with Crippen LogP contribution in [-0.4, -0.2) is 16.3 Å². The topological polar surface area (TPSA) is 0 Å². The van der Waals surface area contributed by atoms with Gasteiger partial charge in [0.1, 0.15) is 0 Å². The summed E-state index contributed by atoms with van der Waals surface area (Å²) < 4.78 is 1.35. The summed E-state index contributed by atoms with van der Waals surface area (Å²) in [6.45, 7) is 4.18. The molecule has 0 atom stereocenters. The van der Waals surface area contributed by atoms with E-state index in [1.54, 1.807) is 0 Å². The first-order valence-corrected chi connectivity index (χ1v) is 21.3. The molecule has 4 heteroatoms. The molecule has 7 rings (SSSR count). The Morgan fingerprint density at radius 3 is 1.11 bits per heavy atom. The Morgan fingerprint density at radius 1 is 0.455 bits per heavy atom. The van der Waals surface area contributed by atoms with Crippen molar-refractivity contribution in [1.82, 2.24) is 0 Å². The van der Waals surface area contributed by atoms with Gasteiger partial charge in [0.25, 0.3) is 0 Å². The minimum atomic E-state index is -0.826. The number of hydrogen-bond donors (Lipinski definition) is 0. The fourth-order valence-electron chi connectivity index (χ4n) is 4.93. The van der Waals surface area contributed by atoms with E-state index in [1.807, 2.05) is 46.6 Å². The summed E-state index contributed by atoms with van der Waals surface area (Å²) in [7, 11) is 9.87. The molecule has 0 heterocycles. The molecule has 0 saturated heterocycles. The molecule has 0 fully saturated rings. The van der Waals surface area contributed by atoms with Crippen LogP contribution in [0.15, 0.2) is 152 Å². The molecule has 0 aromatic heterocycles. The Kier molecular flexibility index (Phi) is 14.0. The Morgan fingerprint density at radius 2 is 0.773 bits per heavy atom. The average Bonchev–Trinajstić information content (AvgIpc) is 3.45. The van der Waals surface area contributed by atoms with Crippen LogP contribution in [0.2, 0.25) is 0 Å². The second-order valence-electron chi connectivity index (χ2n) is 10.1. The molecule has 0 aliphatic heterocycles. The van der Waals surface area contributed by atoms with Gasteiger partial charge in [0.15, 0.2) is 0 Å². The van der Waals surface area contributed by atoms with Crippen LogP contribution in [0.3, 0.4) is 0 Å². The maximum atomic E-state index is 4.93. The molecule has 4 aliphatic rings. The molecule has 213 valence electrons. The van der Waals surface area contributed by atoms with Gasteiger partial charge in [0, 0.05) is 0 Å². The van der Waals surface area contributed by atoms with Gasteiger partial charge in [-0.3, -0.25) is 0 Å². The van der Waals surface area contributed by atoms with Crippen LogP contribution in [-0.2, 0) is 20.8 Å². The van der Waals surface area contributed by atoms with Crippen molar-refractivity contribution >= 4 is 37.7 Å². The van der Waals surface area contributed by atoms with Crippen LogP contribution < -0.4 is 4.43 Å². The van der Waals surface area contributed by atoms with E-state index in [0.717, 1.165) is 0 Å². The van der Waals surface area contributed by atoms with E-state index in [0.29, 0.717) is 0 Å². The van der Waals surface area contributed by atoms with Crippen molar-refractivity contribution in [3.63, 3.8) is 0 Å². The molecular formula is C40H32AlCl2Zr. The van der Waals surface area contributed by atoms with Crippen molar-refractivity contribution < 1.29 is 20.8 Å². The first kappa shape index (κ1) is 33.9. The second-order valence-corrected chi connectivity index (χ2v) is 14.7. The van der Waals surface area contributed by atoms with Crippen LogP contribution in [0, 0.1) is 26.0 Å². The minimum absolute atomic E-state index is 0.826. The van der Waals surface area contributed by atoms with Gasteiger partial charge in [-0.2, -0.15) is 23.3 Å². The van der Waals surface area contributed by atoms with Gasteiger partial charge in [0.2, 0.25) is 16.3 Å². The van der Waals surface area contributed by atoms with Crippen molar-refractivity contribution in [2.75, 3.05) is 0 Å². The van der Waals surface area contributed by atoms with Crippen molar-refractivity contribution in [1.29, 1.82) is 0 Å². The van der Waals surface area contributed by atoms with Crippen LogP contribution in [0.4, 0.5) is 0 Å². The normalized spacial score (nSPS) is 9.82. The molecule has 0 N–H and O–H groups in total. The van der Waals surface area contributed by atoms with E-state index in [2.05, 4.69) is 147 Å². The summed E-state index contributed by atoms with van der Waals surface area (Å²) in [6.07, 6.45) is 0. The van der Waals surface area contributed by atoms with E-state index in [4.69, 9.17) is 17.0 Å². The van der Waals surface area contributed by atoms with Crippen LogP contribution in [0.25, 0.3) is 44.5 Å². The summed E-state index contributed by atoms with van der Waals surface area (Å²) in [5, 5.41) is 0. The van der Waals surface area contributed by atoms with Gasteiger partial charge < -0.3 is 0 Å². The summed E-state index contributed by atoms with van der Waals surface area (Å²) in [4.78, 5) is 0. The van der Waals surface area contributed by atoms with Gasteiger partial charge >= 0.3 is 37.9 Å². The monoisotopic (exact) mass is 699 g/mol. The van der Waals surface area contributed by atoms with E-state index in [9.17, 15) is 0 Å². The number of rotatable bonds is 2.